The van der Waals surface area contributed by atoms with Crippen LogP contribution in [0, 0.1) is 17.1 Å². The second-order valence-corrected chi connectivity index (χ2v) is 6.22. The van der Waals surface area contributed by atoms with Crippen LogP contribution in [0.4, 0.5) is 10.1 Å². The molecule has 0 fully saturated rings. The molecule has 0 aliphatic carbocycles. The zero-order valence-electron chi connectivity index (χ0n) is 13.7. The maximum Gasteiger partial charge on any atom is 0.266 e. The number of nitrogens with one attached hydrogen (secondary N) is 1. The Hall–Kier alpha value is -3.07. The maximum atomic E-state index is 13.8. The number of hydrogen-bond donors (Lipinski definition) is 1. The van der Waals surface area contributed by atoms with Crippen molar-refractivity contribution in [2.45, 2.75) is 0 Å². The van der Waals surface area contributed by atoms with E-state index in [1.807, 2.05) is 0 Å². The quantitative estimate of drug-likeness (QED) is 0.435. The molecule has 0 radical (unpaired) electrons. The monoisotopic (exact) mass is 400 g/mol. The van der Waals surface area contributed by atoms with Crippen LogP contribution in [0.1, 0.15) is 5.76 Å². The van der Waals surface area contributed by atoms with Crippen LogP contribution in [0.15, 0.2) is 64.6 Å². The topological polar surface area (TPSA) is 66.0 Å². The van der Waals surface area contributed by atoms with Crippen molar-refractivity contribution in [3.63, 3.8) is 0 Å². The number of para-hydroxylation sites is 1. The maximum absolute atomic E-state index is 13.8. The summed E-state index contributed by atoms with van der Waals surface area (Å²) in [5.74, 6) is -0.623. The van der Waals surface area contributed by atoms with Crippen molar-refractivity contribution < 1.29 is 13.6 Å². The molecule has 3 aromatic rings. The Kier molecular flexibility index (Phi) is 5.60. The van der Waals surface area contributed by atoms with Gasteiger partial charge < -0.3 is 9.73 Å². The van der Waals surface area contributed by atoms with Gasteiger partial charge in [-0.1, -0.05) is 41.4 Å². The fourth-order valence-corrected chi connectivity index (χ4v) is 2.82. The van der Waals surface area contributed by atoms with E-state index in [2.05, 4.69) is 5.32 Å². The lowest BCUT2D eigenvalue weighted by Gasteiger charge is -2.08. The number of carbonyl (C=O) groups is 1. The summed E-state index contributed by atoms with van der Waals surface area (Å²) < 4.78 is 19.4. The van der Waals surface area contributed by atoms with Gasteiger partial charge in [-0.15, -0.1) is 0 Å². The van der Waals surface area contributed by atoms with Gasteiger partial charge in [-0.2, -0.15) is 5.26 Å². The molecular formula is C20H11Cl2FN2O2. The normalized spacial score (nSPS) is 11.1. The molecule has 1 amide bonds. The minimum atomic E-state index is -0.698. The Bertz CT molecular complexity index is 1060. The molecule has 0 aliphatic heterocycles. The van der Waals surface area contributed by atoms with E-state index >= 15 is 0 Å². The van der Waals surface area contributed by atoms with E-state index in [1.54, 1.807) is 48.5 Å². The molecule has 1 N–H and O–H groups in total. The SMILES string of the molecule is N#C/C(=C\c1ccc(-c2ccccc2F)o1)C(=O)Nc1c(Cl)cccc1Cl. The second-order valence-electron chi connectivity index (χ2n) is 5.40. The molecule has 134 valence electrons. The number of anilines is 1. The number of amides is 1. The van der Waals surface area contributed by atoms with E-state index in [1.165, 1.54) is 18.2 Å². The van der Waals surface area contributed by atoms with Gasteiger partial charge in [0.1, 0.15) is 29.0 Å². The van der Waals surface area contributed by atoms with Gasteiger partial charge in [0.2, 0.25) is 0 Å². The molecule has 0 spiro atoms. The lowest BCUT2D eigenvalue weighted by Crippen LogP contribution is -2.14. The summed E-state index contributed by atoms with van der Waals surface area (Å²) >= 11 is 12.0. The van der Waals surface area contributed by atoms with Crippen LogP contribution in [-0.2, 0) is 4.79 Å². The van der Waals surface area contributed by atoms with Crippen molar-refractivity contribution >= 4 is 40.9 Å². The average Bonchev–Trinajstić information content (AvgIpc) is 3.11. The van der Waals surface area contributed by atoms with E-state index in [0.717, 1.165) is 0 Å². The van der Waals surface area contributed by atoms with E-state index in [-0.39, 0.29) is 38.4 Å². The lowest BCUT2D eigenvalue weighted by atomic mass is 10.1. The number of furan rings is 1. The number of hydrogen-bond acceptors (Lipinski definition) is 3. The molecule has 0 saturated carbocycles. The summed E-state index contributed by atoms with van der Waals surface area (Å²) in [6.07, 6.45) is 1.25. The van der Waals surface area contributed by atoms with Crippen molar-refractivity contribution in [3.05, 3.63) is 81.8 Å². The molecule has 27 heavy (non-hydrogen) atoms. The molecule has 0 saturated heterocycles. The summed E-state index contributed by atoms with van der Waals surface area (Å²) in [6, 6.07) is 15.8. The van der Waals surface area contributed by atoms with Crippen molar-refractivity contribution in [3.8, 4) is 17.4 Å². The summed E-state index contributed by atoms with van der Waals surface area (Å²) in [5.41, 5.74) is 0.266. The molecule has 3 rings (SSSR count). The first-order valence-corrected chi connectivity index (χ1v) is 8.47. The third-order valence-electron chi connectivity index (χ3n) is 3.62. The van der Waals surface area contributed by atoms with Crippen LogP contribution in [0.25, 0.3) is 17.4 Å². The van der Waals surface area contributed by atoms with Crippen molar-refractivity contribution in [1.82, 2.24) is 0 Å². The van der Waals surface area contributed by atoms with E-state index < -0.39 is 11.7 Å². The van der Waals surface area contributed by atoms with Gasteiger partial charge in [0.15, 0.2) is 0 Å². The van der Waals surface area contributed by atoms with Gasteiger partial charge in [0.25, 0.3) is 5.91 Å². The molecule has 4 nitrogen and oxygen atoms in total. The Morgan fingerprint density at radius 3 is 2.44 bits per heavy atom. The number of rotatable bonds is 4. The largest absolute Gasteiger partial charge is 0.457 e. The fraction of sp³-hybridized carbons (Fsp3) is 0. The highest BCUT2D eigenvalue weighted by atomic mass is 35.5. The summed E-state index contributed by atoms with van der Waals surface area (Å²) in [6.45, 7) is 0. The first-order chi connectivity index (χ1) is 13.0. The van der Waals surface area contributed by atoms with Crippen LogP contribution in [-0.4, -0.2) is 5.91 Å². The summed E-state index contributed by atoms with van der Waals surface area (Å²) in [5, 5.41) is 12.3. The van der Waals surface area contributed by atoms with Crippen molar-refractivity contribution in [2.75, 3.05) is 5.32 Å². The highest BCUT2D eigenvalue weighted by Gasteiger charge is 2.15. The van der Waals surface area contributed by atoms with Gasteiger partial charge in [0.05, 0.1) is 21.3 Å². The molecule has 0 aliphatic rings. The lowest BCUT2D eigenvalue weighted by molar-refractivity contribution is -0.112. The fourth-order valence-electron chi connectivity index (χ4n) is 2.33. The van der Waals surface area contributed by atoms with Crippen molar-refractivity contribution in [2.24, 2.45) is 0 Å². The Morgan fingerprint density at radius 1 is 1.07 bits per heavy atom. The first kappa shape index (κ1) is 18.7. The molecule has 1 aromatic heterocycles. The van der Waals surface area contributed by atoms with Crippen LogP contribution in [0.5, 0.6) is 0 Å². The number of nitrogens with zero attached hydrogens (tertiary/aromatic N) is 1. The molecule has 0 unspecified atom stereocenters. The highest BCUT2D eigenvalue weighted by Crippen LogP contribution is 2.30. The first-order valence-electron chi connectivity index (χ1n) is 7.71. The standard InChI is InChI=1S/C20H11Cl2FN2O2/c21-15-5-3-6-16(22)19(15)25-20(26)12(11-24)10-13-8-9-18(27-13)14-4-1-2-7-17(14)23/h1-10H,(H,25,26)/b12-10+. The number of nitriles is 1. The highest BCUT2D eigenvalue weighted by molar-refractivity contribution is 6.40. The van der Waals surface area contributed by atoms with E-state index in [4.69, 9.17) is 27.6 Å². The molecule has 1 heterocycles. The average molecular weight is 401 g/mol. The Morgan fingerprint density at radius 2 is 1.78 bits per heavy atom. The van der Waals surface area contributed by atoms with Gasteiger partial charge in [-0.05, 0) is 36.4 Å². The zero-order valence-corrected chi connectivity index (χ0v) is 15.2. The second kappa shape index (κ2) is 8.09. The predicted molar refractivity (Wildman–Crippen MR) is 103 cm³/mol. The number of benzene rings is 2. The molecule has 0 bridgehead atoms. The van der Waals surface area contributed by atoms with Crippen LogP contribution >= 0.6 is 23.2 Å². The van der Waals surface area contributed by atoms with Crippen LogP contribution < -0.4 is 5.32 Å². The summed E-state index contributed by atoms with van der Waals surface area (Å²) in [7, 11) is 0. The number of carbonyl (C=O) groups excluding carboxylic acids is 1. The summed E-state index contributed by atoms with van der Waals surface area (Å²) in [4.78, 5) is 12.4. The van der Waals surface area contributed by atoms with Crippen molar-refractivity contribution in [1.29, 1.82) is 5.26 Å². The van der Waals surface area contributed by atoms with E-state index in [9.17, 15) is 14.4 Å². The molecule has 2 aromatic carbocycles. The minimum absolute atomic E-state index is 0.207. The predicted octanol–water partition coefficient (Wildman–Crippen LogP) is 5.94. The third-order valence-corrected chi connectivity index (χ3v) is 4.25. The smallest absolute Gasteiger partial charge is 0.266 e. The van der Waals surface area contributed by atoms with Gasteiger partial charge in [0, 0.05) is 6.08 Å². The Balaban J connectivity index is 1.86. The third kappa shape index (κ3) is 4.20. The molecular weight excluding hydrogens is 390 g/mol. The van der Waals surface area contributed by atoms with Gasteiger partial charge in [-0.3, -0.25) is 4.79 Å². The van der Waals surface area contributed by atoms with Crippen LogP contribution in [0.2, 0.25) is 10.0 Å². The number of halogens is 3. The zero-order chi connectivity index (χ0) is 19.4. The van der Waals surface area contributed by atoms with E-state index in [0.29, 0.717) is 0 Å². The molecule has 7 heteroatoms. The molecule has 0 atom stereocenters. The van der Waals surface area contributed by atoms with Gasteiger partial charge >= 0.3 is 0 Å². The minimum Gasteiger partial charge on any atom is -0.457 e. The van der Waals surface area contributed by atoms with Gasteiger partial charge in [-0.25, -0.2) is 4.39 Å². The van der Waals surface area contributed by atoms with Crippen LogP contribution in [0.3, 0.4) is 0 Å². The Labute approximate surface area is 164 Å².